The zero-order valence-corrected chi connectivity index (χ0v) is 15.9. The average molecular weight is 376 g/mol. The van der Waals surface area contributed by atoms with Crippen molar-refractivity contribution in [3.05, 3.63) is 24.4 Å². The minimum absolute atomic E-state index is 0.0165. The van der Waals surface area contributed by atoms with Crippen LogP contribution in [0.1, 0.15) is 32.6 Å². The number of esters is 1. The Morgan fingerprint density at radius 2 is 2.15 bits per heavy atom. The van der Waals surface area contributed by atoms with Crippen molar-refractivity contribution in [2.24, 2.45) is 11.3 Å². The lowest BCUT2D eigenvalue weighted by atomic mass is 9.68. The van der Waals surface area contributed by atoms with Crippen LogP contribution < -0.4 is 0 Å². The first kappa shape index (κ1) is 19.6. The van der Waals surface area contributed by atoms with Gasteiger partial charge in [0.15, 0.2) is 0 Å². The minimum Gasteiger partial charge on any atom is -0.465 e. The van der Waals surface area contributed by atoms with E-state index in [1.54, 1.807) is 22.8 Å². The third-order valence-electron chi connectivity index (χ3n) is 5.71. The fourth-order valence-corrected chi connectivity index (χ4v) is 4.46. The van der Waals surface area contributed by atoms with Crippen LogP contribution in [-0.2, 0) is 23.9 Å². The molecule has 0 unspecified atom stereocenters. The third-order valence-corrected chi connectivity index (χ3v) is 5.71. The molecule has 0 aromatic rings. The molecule has 2 heterocycles. The molecule has 2 saturated heterocycles. The van der Waals surface area contributed by atoms with E-state index in [-0.39, 0.29) is 24.8 Å². The molecule has 0 radical (unpaired) electrons. The van der Waals surface area contributed by atoms with Crippen LogP contribution in [0.25, 0.3) is 0 Å². The quantitative estimate of drug-likeness (QED) is 0.519. The van der Waals surface area contributed by atoms with Crippen LogP contribution >= 0.6 is 0 Å². The molecule has 7 heteroatoms. The van der Waals surface area contributed by atoms with E-state index >= 15 is 0 Å². The van der Waals surface area contributed by atoms with Crippen molar-refractivity contribution in [1.82, 2.24) is 9.80 Å². The highest BCUT2D eigenvalue weighted by molar-refractivity contribution is 5.99. The van der Waals surface area contributed by atoms with E-state index in [4.69, 9.17) is 9.47 Å². The van der Waals surface area contributed by atoms with Crippen LogP contribution in [0, 0.1) is 11.3 Å². The highest BCUT2D eigenvalue weighted by Gasteiger charge is 2.62. The lowest BCUT2D eigenvalue weighted by Gasteiger charge is -2.36. The summed E-state index contributed by atoms with van der Waals surface area (Å²) in [6.45, 7) is 8.10. The van der Waals surface area contributed by atoms with Gasteiger partial charge in [0, 0.05) is 31.8 Å². The van der Waals surface area contributed by atoms with Crippen molar-refractivity contribution in [3.63, 3.8) is 0 Å². The second-order valence-electron chi connectivity index (χ2n) is 7.16. The van der Waals surface area contributed by atoms with Crippen molar-refractivity contribution < 1.29 is 23.9 Å². The number of carbonyl (C=O) groups excluding carboxylic acids is 3. The van der Waals surface area contributed by atoms with Gasteiger partial charge in [-0.25, -0.2) is 0 Å². The first-order valence-electron chi connectivity index (χ1n) is 9.72. The van der Waals surface area contributed by atoms with Crippen LogP contribution in [-0.4, -0.2) is 67.0 Å². The van der Waals surface area contributed by atoms with E-state index in [0.29, 0.717) is 45.0 Å². The number of ether oxygens (including phenoxy) is 2. The Hall–Kier alpha value is -2.15. The molecule has 1 aliphatic carbocycles. The van der Waals surface area contributed by atoms with Gasteiger partial charge >= 0.3 is 5.97 Å². The van der Waals surface area contributed by atoms with Gasteiger partial charge in [-0.1, -0.05) is 12.2 Å². The molecule has 148 valence electrons. The Balaban J connectivity index is 1.94. The Morgan fingerprint density at radius 3 is 2.81 bits per heavy atom. The predicted molar refractivity (Wildman–Crippen MR) is 98.4 cm³/mol. The van der Waals surface area contributed by atoms with Gasteiger partial charge in [0.25, 0.3) is 0 Å². The lowest BCUT2D eigenvalue weighted by Crippen LogP contribution is -2.46. The van der Waals surface area contributed by atoms with Crippen LogP contribution in [0.5, 0.6) is 0 Å². The van der Waals surface area contributed by atoms with Crippen molar-refractivity contribution in [3.8, 4) is 0 Å². The standard InChI is InChI=1S/C20H28N2O5/c1-3-9-22-16-7-5-6-8-20(16,19(25)27-4-2)15(18(22)24)14-17(23)21-10-12-26-13-11-21/h3,7,15H,1,4-6,8-14H2,2H3/t15-,20-/m0/s1. The summed E-state index contributed by atoms with van der Waals surface area (Å²) in [4.78, 5) is 42.5. The van der Waals surface area contributed by atoms with E-state index in [0.717, 1.165) is 12.8 Å². The Bertz CT molecular complexity index is 653. The molecule has 7 nitrogen and oxygen atoms in total. The van der Waals surface area contributed by atoms with Crippen molar-refractivity contribution >= 4 is 17.8 Å². The number of rotatable bonds is 6. The zero-order chi connectivity index (χ0) is 19.4. The summed E-state index contributed by atoms with van der Waals surface area (Å²) >= 11 is 0. The third kappa shape index (κ3) is 3.40. The number of likely N-dealkylation sites (tertiary alicyclic amines) is 1. The van der Waals surface area contributed by atoms with Crippen molar-refractivity contribution in [2.45, 2.75) is 32.6 Å². The van der Waals surface area contributed by atoms with Gasteiger partial charge in [0.1, 0.15) is 5.41 Å². The van der Waals surface area contributed by atoms with Gasteiger partial charge < -0.3 is 19.3 Å². The van der Waals surface area contributed by atoms with Gasteiger partial charge in [-0.3, -0.25) is 14.4 Å². The van der Waals surface area contributed by atoms with Crippen molar-refractivity contribution in [1.29, 1.82) is 0 Å². The fraction of sp³-hybridized carbons (Fsp3) is 0.650. The number of hydrogen-bond acceptors (Lipinski definition) is 5. The summed E-state index contributed by atoms with van der Waals surface area (Å²) in [6, 6.07) is 0. The molecule has 0 bridgehead atoms. The summed E-state index contributed by atoms with van der Waals surface area (Å²) in [5, 5.41) is 0. The Morgan fingerprint density at radius 1 is 1.41 bits per heavy atom. The molecule has 0 aromatic heterocycles. The monoisotopic (exact) mass is 376 g/mol. The molecule has 2 aliphatic heterocycles. The van der Waals surface area contributed by atoms with E-state index < -0.39 is 17.3 Å². The van der Waals surface area contributed by atoms with Crippen LogP contribution in [0.15, 0.2) is 24.4 Å². The number of amides is 2. The molecule has 3 rings (SSSR count). The minimum atomic E-state index is -1.06. The highest BCUT2D eigenvalue weighted by atomic mass is 16.5. The Kier molecular flexibility index (Phi) is 5.99. The SMILES string of the molecule is C=CCN1C(=O)[C@H](CC(=O)N2CCOCC2)[C@@]2(C(=O)OCC)CCCC=C12. The molecule has 0 spiro atoms. The van der Waals surface area contributed by atoms with Crippen molar-refractivity contribution in [2.75, 3.05) is 39.5 Å². The molecule has 2 atom stereocenters. The topological polar surface area (TPSA) is 76.2 Å². The van der Waals surface area contributed by atoms with E-state index in [1.807, 2.05) is 6.08 Å². The maximum absolute atomic E-state index is 13.2. The molecule has 0 saturated carbocycles. The highest BCUT2D eigenvalue weighted by Crippen LogP contribution is 2.53. The number of nitrogens with zero attached hydrogens (tertiary/aromatic N) is 2. The number of allylic oxidation sites excluding steroid dienone is 1. The largest absolute Gasteiger partial charge is 0.465 e. The number of fused-ring (bicyclic) bond motifs is 1. The molecule has 27 heavy (non-hydrogen) atoms. The molecule has 2 amide bonds. The normalized spacial score (nSPS) is 27.8. The van der Waals surface area contributed by atoms with Gasteiger partial charge in [-0.05, 0) is 26.2 Å². The van der Waals surface area contributed by atoms with Gasteiger partial charge in [0.2, 0.25) is 11.8 Å². The fourth-order valence-electron chi connectivity index (χ4n) is 4.46. The van der Waals surface area contributed by atoms with Crippen LogP contribution in [0.3, 0.4) is 0 Å². The first-order chi connectivity index (χ1) is 13.1. The first-order valence-corrected chi connectivity index (χ1v) is 9.72. The molecular formula is C20H28N2O5. The molecule has 0 N–H and O–H groups in total. The van der Waals surface area contributed by atoms with Crippen LogP contribution in [0.4, 0.5) is 0 Å². The number of morpholine rings is 1. The summed E-state index contributed by atoms with van der Waals surface area (Å²) in [5.74, 6) is -1.41. The summed E-state index contributed by atoms with van der Waals surface area (Å²) in [5.41, 5.74) is -0.368. The van der Waals surface area contributed by atoms with E-state index in [1.165, 1.54) is 0 Å². The average Bonchev–Trinajstić information content (AvgIpc) is 2.93. The summed E-state index contributed by atoms with van der Waals surface area (Å²) in [6.07, 6.45) is 5.75. The lowest BCUT2D eigenvalue weighted by molar-refractivity contribution is -0.159. The summed E-state index contributed by atoms with van der Waals surface area (Å²) in [7, 11) is 0. The maximum Gasteiger partial charge on any atom is 0.318 e. The molecule has 0 aromatic carbocycles. The zero-order valence-electron chi connectivity index (χ0n) is 15.9. The molecule has 3 aliphatic rings. The second-order valence-corrected chi connectivity index (χ2v) is 7.16. The van der Waals surface area contributed by atoms with Gasteiger partial charge in [-0.2, -0.15) is 0 Å². The number of carbonyl (C=O) groups is 3. The molecule has 2 fully saturated rings. The van der Waals surface area contributed by atoms with Crippen LogP contribution in [0.2, 0.25) is 0 Å². The van der Waals surface area contributed by atoms with Gasteiger partial charge in [-0.15, -0.1) is 6.58 Å². The molecular weight excluding hydrogens is 348 g/mol. The summed E-state index contributed by atoms with van der Waals surface area (Å²) < 4.78 is 10.7. The van der Waals surface area contributed by atoms with E-state index in [2.05, 4.69) is 6.58 Å². The maximum atomic E-state index is 13.2. The smallest absolute Gasteiger partial charge is 0.318 e. The van der Waals surface area contributed by atoms with Gasteiger partial charge in [0.05, 0.1) is 25.7 Å². The van der Waals surface area contributed by atoms with E-state index in [9.17, 15) is 14.4 Å². The Labute approximate surface area is 160 Å². The second kappa shape index (κ2) is 8.25. The predicted octanol–water partition coefficient (Wildman–Crippen LogP) is 1.50. The number of hydrogen-bond donors (Lipinski definition) is 0.